The molecule has 0 aliphatic carbocycles. The van der Waals surface area contributed by atoms with Crippen molar-refractivity contribution in [3.05, 3.63) is 0 Å². The van der Waals surface area contributed by atoms with Gasteiger partial charge in [-0.05, 0) is 0 Å². The molecule has 0 bridgehead atoms. The summed E-state index contributed by atoms with van der Waals surface area (Å²) in [7, 11) is 0. The Morgan fingerprint density at radius 1 is 1.00 bits per heavy atom. The summed E-state index contributed by atoms with van der Waals surface area (Å²) >= 11 is 0. The number of rotatable bonds is 0. The van der Waals surface area contributed by atoms with Gasteiger partial charge in [0.2, 0.25) is 0 Å². The lowest BCUT2D eigenvalue weighted by molar-refractivity contribution is -0.00000155. The van der Waals surface area contributed by atoms with Crippen molar-refractivity contribution in [1.82, 2.24) is 12.3 Å². The molecule has 0 aliphatic rings. The predicted molar refractivity (Wildman–Crippen MR) is 19.4 cm³/mol. The third-order valence-electron chi connectivity index (χ3n) is 0. The summed E-state index contributed by atoms with van der Waals surface area (Å²) in [5.41, 5.74) is 0. The second-order valence-corrected chi connectivity index (χ2v) is 0. The monoisotopic (exact) mass is 102 g/mol. The van der Waals surface area contributed by atoms with Crippen LogP contribution in [0.4, 0.5) is 0 Å². The van der Waals surface area contributed by atoms with Gasteiger partial charge in [0.15, 0.2) is 0 Å². The highest BCUT2D eigenvalue weighted by Crippen LogP contribution is -0.0190. The van der Waals surface area contributed by atoms with Gasteiger partial charge in [-0.25, -0.2) is 0 Å². The van der Waals surface area contributed by atoms with E-state index in [9.17, 15) is 0 Å². The number of hydrogen-bond donors (Lipinski definition) is 4. The highest BCUT2D eigenvalue weighted by molar-refractivity contribution is 3.26. The zero-order valence-electron chi connectivity index (χ0n) is 3.24. The van der Waals surface area contributed by atoms with Crippen LogP contribution in [0.15, 0.2) is 0 Å². The molecule has 0 radical (unpaired) electrons. The Balaban J connectivity index is -0.00000000167. The molecule has 38 valence electrons. The van der Waals surface area contributed by atoms with Gasteiger partial charge in [-0.15, -0.1) is 0 Å². The molecule has 0 spiro atoms. The van der Waals surface area contributed by atoms with E-state index in [4.69, 9.17) is 0 Å². The van der Waals surface area contributed by atoms with Crippen molar-refractivity contribution >= 4 is 0 Å². The van der Waals surface area contributed by atoms with Crippen molar-refractivity contribution in [3.63, 3.8) is 0 Å². The van der Waals surface area contributed by atoms with E-state index in [0.29, 0.717) is 0 Å². The van der Waals surface area contributed by atoms with Crippen molar-refractivity contribution in [2.75, 3.05) is 0 Å². The van der Waals surface area contributed by atoms with Crippen molar-refractivity contribution in [2.45, 2.75) is 0 Å². The Morgan fingerprint density at radius 2 is 1.00 bits per heavy atom. The van der Waals surface area contributed by atoms with Crippen LogP contribution in [0.3, 0.4) is 0 Å². The molecular weight excluding hydrogens is 91.5 g/mol. The quantitative estimate of drug-likeness (QED) is 0.186. The van der Waals surface area contributed by atoms with E-state index in [0.717, 1.165) is 0 Å². The van der Waals surface area contributed by atoms with Gasteiger partial charge in [0.25, 0.3) is 0 Å². The normalized spacial score (nSPS) is 1.20. The first kappa shape index (κ1) is 68.5. The number of quaternary nitrogens is 1. The Kier molecular flexibility index (Phi) is 32800. The van der Waals surface area contributed by atoms with Gasteiger partial charge in [-0.1, -0.05) is 0 Å². The fraction of sp³-hybridized carbons (Fsp3) is 0. The van der Waals surface area contributed by atoms with E-state index in [-0.39, 0.29) is 24.7 Å². The van der Waals surface area contributed by atoms with Crippen LogP contribution in [-0.4, -0.2) is 0 Å². The summed E-state index contributed by atoms with van der Waals surface area (Å²) in [5, 5.41) is 0. The van der Waals surface area contributed by atoms with Gasteiger partial charge in [0.1, 0.15) is 0 Å². The number of hydrogen-bond acceptors (Lipinski definition) is 3. The Hall–Kier alpha value is 0.130. The first-order valence-electron chi connectivity index (χ1n) is 0.333. The third-order valence-corrected chi connectivity index (χ3v) is 0. The SMILES string of the molecule is N.NN.[Cl-].[NH4+]. The van der Waals surface area contributed by atoms with E-state index >= 15 is 0 Å². The lowest BCUT2D eigenvalue weighted by Gasteiger charge is -1.27. The second-order valence-electron chi connectivity index (χ2n) is 0. The van der Waals surface area contributed by atoms with Gasteiger partial charge in [0, 0.05) is 0 Å². The summed E-state index contributed by atoms with van der Waals surface area (Å²) < 4.78 is 0. The fourth-order valence-corrected chi connectivity index (χ4v) is 0. The smallest absolute Gasteiger partial charge is 0.274 e. The summed E-state index contributed by atoms with van der Waals surface area (Å²) in [6, 6.07) is 0. The molecule has 0 heterocycles. The molecular formula is H11ClN4. The van der Waals surface area contributed by atoms with Crippen molar-refractivity contribution in [1.29, 1.82) is 0 Å². The maximum absolute atomic E-state index is 4.00. The molecule has 0 saturated heterocycles. The Morgan fingerprint density at radius 3 is 1.00 bits per heavy atom. The molecule has 5 heteroatoms. The molecule has 5 heavy (non-hydrogen) atoms. The van der Waals surface area contributed by atoms with Gasteiger partial charge in [-0.3, -0.25) is 11.7 Å². The lowest BCUT2D eigenvalue weighted by atomic mass is 13.0. The van der Waals surface area contributed by atoms with E-state index < -0.39 is 0 Å². The van der Waals surface area contributed by atoms with Gasteiger partial charge in [0.05, 0.1) is 0 Å². The molecule has 0 saturated carbocycles. The number of halogens is 1. The largest absolute Gasteiger partial charge is 1.00 e. The standard InChI is InChI=1S/ClH.H4N2.2H3N/c;1-2;;/h1H;1-2H2;2*1H3. The molecule has 0 rings (SSSR count). The molecule has 0 aromatic carbocycles. The Bertz CT molecular complexity index is 3.61. The molecule has 0 amide bonds. The zero-order chi connectivity index (χ0) is 2.00. The van der Waals surface area contributed by atoms with Gasteiger partial charge >= 0.3 is 0 Å². The van der Waals surface area contributed by atoms with Gasteiger partial charge < -0.3 is 24.7 Å². The molecule has 4 nitrogen and oxygen atoms in total. The summed E-state index contributed by atoms with van der Waals surface area (Å²) in [6.07, 6.45) is 0. The van der Waals surface area contributed by atoms with Crippen molar-refractivity contribution in [3.8, 4) is 0 Å². The van der Waals surface area contributed by atoms with E-state index in [1.165, 1.54) is 0 Å². The van der Waals surface area contributed by atoms with Crippen molar-refractivity contribution < 1.29 is 12.4 Å². The minimum atomic E-state index is 0. The predicted octanol–water partition coefficient (Wildman–Crippen LogP) is -3.64. The van der Waals surface area contributed by atoms with Gasteiger partial charge in [-0.2, -0.15) is 0 Å². The van der Waals surface area contributed by atoms with Crippen LogP contribution in [0.1, 0.15) is 0 Å². The van der Waals surface area contributed by atoms with Crippen LogP contribution < -0.4 is 36.4 Å². The van der Waals surface area contributed by atoms with E-state index in [1.54, 1.807) is 0 Å². The first-order valence-corrected chi connectivity index (χ1v) is 0.333. The number of nitrogens with two attached hydrogens (primary N) is 2. The van der Waals surface area contributed by atoms with Crippen LogP contribution in [0, 0.1) is 0 Å². The topological polar surface area (TPSA) is 124 Å². The summed E-state index contributed by atoms with van der Waals surface area (Å²) in [6.45, 7) is 0. The maximum atomic E-state index is 4.00. The zero-order valence-corrected chi connectivity index (χ0v) is 4.00. The molecule has 0 aliphatic heterocycles. The highest BCUT2D eigenvalue weighted by Gasteiger charge is 0.726. The third kappa shape index (κ3) is 1110. The molecule has 0 atom stereocenters. The fourth-order valence-electron chi connectivity index (χ4n) is 0. The average molecular weight is 103 g/mol. The van der Waals surface area contributed by atoms with Crippen molar-refractivity contribution in [2.24, 2.45) is 11.7 Å². The average Bonchev–Trinajstić information content (AvgIpc) is 1.00. The minimum absolute atomic E-state index is 0. The minimum Gasteiger partial charge on any atom is -1.00 e. The molecule has 0 aromatic heterocycles. The number of hydrazine groups is 1. The van der Waals surface area contributed by atoms with E-state index in [2.05, 4.69) is 11.7 Å². The van der Waals surface area contributed by atoms with Crippen LogP contribution in [0.25, 0.3) is 0 Å². The Labute approximate surface area is 37.4 Å². The second kappa shape index (κ2) is 2390. The molecule has 0 fully saturated rings. The molecule has 0 aromatic rings. The van der Waals surface area contributed by atoms with Crippen LogP contribution in [0.2, 0.25) is 0 Å². The summed E-state index contributed by atoms with van der Waals surface area (Å²) in [4.78, 5) is 0. The van der Waals surface area contributed by atoms with Crippen LogP contribution in [-0.2, 0) is 0 Å². The highest BCUT2D eigenvalue weighted by atomic mass is 35.5. The lowest BCUT2D eigenvalue weighted by Crippen LogP contribution is -3.00. The first-order chi connectivity index (χ1) is 1.00. The summed E-state index contributed by atoms with van der Waals surface area (Å²) in [5.74, 6) is 8.00. The van der Waals surface area contributed by atoms with Crippen LogP contribution in [0.5, 0.6) is 0 Å². The maximum Gasteiger partial charge on any atom is -0.274 e. The molecule has 11 N–H and O–H groups in total. The van der Waals surface area contributed by atoms with Crippen LogP contribution >= 0.6 is 0 Å². The molecule has 0 unspecified atom stereocenters. The van der Waals surface area contributed by atoms with E-state index in [1.807, 2.05) is 0 Å².